The van der Waals surface area contributed by atoms with Gasteiger partial charge in [0.15, 0.2) is 10.9 Å². The van der Waals surface area contributed by atoms with E-state index < -0.39 is 0 Å². The van der Waals surface area contributed by atoms with Crippen LogP contribution in [-0.4, -0.2) is 15.1 Å². The molecule has 4 nitrogen and oxygen atoms in total. The molecule has 2 aromatic rings. The van der Waals surface area contributed by atoms with Crippen molar-refractivity contribution in [3.05, 3.63) is 51.9 Å². The van der Waals surface area contributed by atoms with Crippen LogP contribution in [0.5, 0.6) is 0 Å². The summed E-state index contributed by atoms with van der Waals surface area (Å²) in [6, 6.07) is 5.46. The van der Waals surface area contributed by atoms with Crippen LogP contribution in [-0.2, 0) is 6.54 Å². The number of thiocarbonyl (C=S) groups is 1. The minimum atomic E-state index is 0.422. The molecule has 0 spiro atoms. The molecule has 7 heteroatoms. The number of aryl methyl sites for hydroxylation is 1. The van der Waals surface area contributed by atoms with Crippen LogP contribution >= 0.6 is 35.4 Å². The van der Waals surface area contributed by atoms with Gasteiger partial charge in [-0.2, -0.15) is 0 Å². The van der Waals surface area contributed by atoms with E-state index in [4.69, 9.17) is 35.4 Å². The van der Waals surface area contributed by atoms with Gasteiger partial charge in [-0.15, -0.1) is 0 Å². The van der Waals surface area contributed by atoms with E-state index in [1.54, 1.807) is 25.4 Å². The molecule has 2 aromatic heterocycles. The highest BCUT2D eigenvalue weighted by Gasteiger charge is 2.07. The number of anilines is 1. The smallest absolute Gasteiger partial charge is 0.172 e. The Morgan fingerprint density at radius 3 is 2.85 bits per heavy atom. The van der Waals surface area contributed by atoms with E-state index in [2.05, 4.69) is 20.6 Å². The highest BCUT2D eigenvalue weighted by Crippen LogP contribution is 2.25. The molecule has 0 fully saturated rings. The summed E-state index contributed by atoms with van der Waals surface area (Å²) in [4.78, 5) is 8.28. The average molecular weight is 327 g/mol. The summed E-state index contributed by atoms with van der Waals surface area (Å²) in [5, 5.41) is 7.38. The van der Waals surface area contributed by atoms with Gasteiger partial charge in [-0.3, -0.25) is 4.98 Å². The van der Waals surface area contributed by atoms with Crippen LogP contribution in [0.15, 0.2) is 30.6 Å². The first-order valence-corrected chi connectivity index (χ1v) is 6.99. The van der Waals surface area contributed by atoms with E-state index in [0.717, 1.165) is 5.56 Å². The molecular formula is C13H12Cl2N4S. The van der Waals surface area contributed by atoms with Crippen molar-refractivity contribution in [2.24, 2.45) is 0 Å². The zero-order valence-corrected chi connectivity index (χ0v) is 13.0. The van der Waals surface area contributed by atoms with E-state index in [0.29, 0.717) is 33.2 Å². The number of rotatable bonds is 3. The fourth-order valence-corrected chi connectivity index (χ4v) is 2.06. The molecule has 0 bridgehead atoms. The number of hydrogen-bond acceptors (Lipinski definition) is 3. The van der Waals surface area contributed by atoms with Crippen molar-refractivity contribution in [1.29, 1.82) is 0 Å². The highest BCUT2D eigenvalue weighted by molar-refractivity contribution is 7.80. The first kappa shape index (κ1) is 15.0. The van der Waals surface area contributed by atoms with Gasteiger partial charge in [-0.1, -0.05) is 29.3 Å². The molecule has 104 valence electrons. The number of hydrogen-bond donors (Lipinski definition) is 2. The van der Waals surface area contributed by atoms with E-state index in [1.165, 1.54) is 0 Å². The molecule has 2 N–H and O–H groups in total. The van der Waals surface area contributed by atoms with E-state index in [-0.39, 0.29) is 0 Å². The number of nitrogens with one attached hydrogen (secondary N) is 2. The standard InChI is InChI=1S/C13H12Cl2N4S/c1-8-10(14)5-11(15)12(18-8)19-13(20)17-7-9-3-2-4-16-6-9/h2-6H,7H2,1H3,(H2,17,18,19,20). The summed E-state index contributed by atoms with van der Waals surface area (Å²) in [7, 11) is 0. The Labute approximate surface area is 132 Å². The fraction of sp³-hybridized carbons (Fsp3) is 0.154. The Balaban J connectivity index is 1.97. The molecule has 0 saturated heterocycles. The predicted octanol–water partition coefficient (Wildman–Crippen LogP) is 3.58. The van der Waals surface area contributed by atoms with E-state index in [1.807, 2.05) is 12.1 Å². The second-order valence-corrected chi connectivity index (χ2v) is 5.28. The van der Waals surface area contributed by atoms with Crippen molar-refractivity contribution in [2.75, 3.05) is 5.32 Å². The summed E-state index contributed by atoms with van der Waals surface area (Å²) < 4.78 is 0. The van der Waals surface area contributed by atoms with E-state index >= 15 is 0 Å². The molecule has 0 aliphatic carbocycles. The lowest BCUT2D eigenvalue weighted by atomic mass is 10.3. The Morgan fingerprint density at radius 2 is 2.15 bits per heavy atom. The molecule has 0 amide bonds. The third kappa shape index (κ3) is 4.03. The van der Waals surface area contributed by atoms with Crippen molar-refractivity contribution < 1.29 is 0 Å². The van der Waals surface area contributed by atoms with Crippen molar-refractivity contribution in [3.63, 3.8) is 0 Å². The second kappa shape index (κ2) is 6.83. The summed E-state index contributed by atoms with van der Waals surface area (Å²) in [5.74, 6) is 0.484. The average Bonchev–Trinajstić information content (AvgIpc) is 2.44. The molecule has 20 heavy (non-hydrogen) atoms. The van der Waals surface area contributed by atoms with Gasteiger partial charge in [0.1, 0.15) is 0 Å². The number of aromatic nitrogens is 2. The first-order chi connectivity index (χ1) is 9.56. The van der Waals surface area contributed by atoms with Crippen LogP contribution in [0.1, 0.15) is 11.3 Å². The van der Waals surface area contributed by atoms with Crippen molar-refractivity contribution >= 4 is 46.4 Å². The van der Waals surface area contributed by atoms with Gasteiger partial charge in [0, 0.05) is 18.9 Å². The van der Waals surface area contributed by atoms with Crippen molar-refractivity contribution in [1.82, 2.24) is 15.3 Å². The van der Waals surface area contributed by atoms with Gasteiger partial charge in [-0.25, -0.2) is 4.98 Å². The van der Waals surface area contributed by atoms with Crippen LogP contribution in [0.4, 0.5) is 5.82 Å². The van der Waals surface area contributed by atoms with Crippen molar-refractivity contribution in [2.45, 2.75) is 13.5 Å². The number of pyridine rings is 2. The minimum Gasteiger partial charge on any atom is -0.358 e. The Hall–Kier alpha value is -1.43. The van der Waals surface area contributed by atoms with Gasteiger partial charge >= 0.3 is 0 Å². The maximum absolute atomic E-state index is 6.06. The molecule has 2 heterocycles. The maximum Gasteiger partial charge on any atom is 0.172 e. The molecule has 0 radical (unpaired) electrons. The maximum atomic E-state index is 6.06. The molecule has 0 aliphatic rings. The summed E-state index contributed by atoms with van der Waals surface area (Å²) >= 11 is 17.2. The molecule has 2 rings (SSSR count). The van der Waals surface area contributed by atoms with Gasteiger partial charge in [-0.05, 0) is 36.8 Å². The van der Waals surface area contributed by atoms with Crippen LogP contribution in [0.2, 0.25) is 10.0 Å². The zero-order valence-electron chi connectivity index (χ0n) is 10.7. The summed E-state index contributed by atoms with van der Waals surface area (Å²) in [6.07, 6.45) is 3.49. The summed E-state index contributed by atoms with van der Waals surface area (Å²) in [6.45, 7) is 2.37. The third-order valence-corrected chi connectivity index (χ3v) is 3.43. The largest absolute Gasteiger partial charge is 0.358 e. The van der Waals surface area contributed by atoms with Gasteiger partial charge < -0.3 is 10.6 Å². The quantitative estimate of drug-likeness (QED) is 0.844. The van der Waals surface area contributed by atoms with E-state index in [9.17, 15) is 0 Å². The fourth-order valence-electron chi connectivity index (χ4n) is 1.48. The van der Waals surface area contributed by atoms with Gasteiger partial charge in [0.2, 0.25) is 0 Å². The Kier molecular flexibility index (Phi) is 5.11. The van der Waals surface area contributed by atoms with Crippen LogP contribution in [0.25, 0.3) is 0 Å². The molecule has 0 aliphatic heterocycles. The normalized spacial score (nSPS) is 10.2. The monoisotopic (exact) mass is 326 g/mol. The molecule has 0 saturated carbocycles. The molecule has 0 unspecified atom stereocenters. The SMILES string of the molecule is Cc1nc(NC(=S)NCc2cccnc2)c(Cl)cc1Cl. The van der Waals surface area contributed by atoms with Crippen LogP contribution in [0.3, 0.4) is 0 Å². The topological polar surface area (TPSA) is 49.8 Å². The van der Waals surface area contributed by atoms with Crippen molar-refractivity contribution in [3.8, 4) is 0 Å². The number of halogens is 2. The van der Waals surface area contributed by atoms with Crippen LogP contribution < -0.4 is 10.6 Å². The zero-order chi connectivity index (χ0) is 14.5. The lowest BCUT2D eigenvalue weighted by Gasteiger charge is -2.12. The summed E-state index contributed by atoms with van der Waals surface area (Å²) in [5.41, 5.74) is 1.72. The molecular weight excluding hydrogens is 315 g/mol. The van der Waals surface area contributed by atoms with Gasteiger partial charge in [0.25, 0.3) is 0 Å². The molecule has 0 aromatic carbocycles. The lowest BCUT2D eigenvalue weighted by Crippen LogP contribution is -2.28. The lowest BCUT2D eigenvalue weighted by molar-refractivity contribution is 0.915. The first-order valence-electron chi connectivity index (χ1n) is 5.82. The Bertz CT molecular complexity index is 619. The van der Waals surface area contributed by atoms with Crippen LogP contribution in [0, 0.1) is 6.92 Å². The molecule has 0 atom stereocenters. The predicted molar refractivity (Wildman–Crippen MR) is 86.3 cm³/mol. The minimum absolute atomic E-state index is 0.422. The van der Waals surface area contributed by atoms with Gasteiger partial charge in [0.05, 0.1) is 15.7 Å². The Morgan fingerprint density at radius 1 is 1.35 bits per heavy atom. The third-order valence-electron chi connectivity index (χ3n) is 2.51. The second-order valence-electron chi connectivity index (χ2n) is 4.05. The highest BCUT2D eigenvalue weighted by atomic mass is 35.5. The number of nitrogens with zero attached hydrogens (tertiary/aromatic N) is 2.